The van der Waals surface area contributed by atoms with Crippen LogP contribution in [0.1, 0.15) is 29.7 Å². The van der Waals surface area contributed by atoms with Crippen LogP contribution in [0.25, 0.3) is 0 Å². The summed E-state index contributed by atoms with van der Waals surface area (Å²) in [4.78, 5) is 0. The predicted octanol–water partition coefficient (Wildman–Crippen LogP) is 3.56. The molecule has 0 unspecified atom stereocenters. The summed E-state index contributed by atoms with van der Waals surface area (Å²) in [5.41, 5.74) is 3.55. The average molecular weight is 271 g/mol. The molecule has 2 rings (SSSR count). The Labute approximate surface area is 120 Å². The molecule has 0 saturated heterocycles. The standard InChI is InChI=1S/C17H21NO2/c1-12-4-7-15(8-5-12)13(2)18-11-14-6-9-17(20-3)16(19)10-14/h4-10,13,18-19H,11H2,1-3H3/t13-/m0/s1. The number of phenols is 1. The van der Waals surface area contributed by atoms with E-state index in [4.69, 9.17) is 4.74 Å². The molecule has 0 heterocycles. The maximum atomic E-state index is 9.75. The largest absolute Gasteiger partial charge is 0.504 e. The molecule has 0 aromatic heterocycles. The average Bonchev–Trinajstić information content (AvgIpc) is 2.45. The third kappa shape index (κ3) is 3.52. The summed E-state index contributed by atoms with van der Waals surface area (Å²) in [7, 11) is 1.55. The zero-order valence-electron chi connectivity index (χ0n) is 12.2. The first kappa shape index (κ1) is 14.4. The quantitative estimate of drug-likeness (QED) is 0.873. The van der Waals surface area contributed by atoms with Crippen molar-refractivity contribution in [3.05, 3.63) is 59.2 Å². The monoisotopic (exact) mass is 271 g/mol. The minimum absolute atomic E-state index is 0.176. The number of hydrogen-bond acceptors (Lipinski definition) is 3. The lowest BCUT2D eigenvalue weighted by molar-refractivity contribution is 0.373. The van der Waals surface area contributed by atoms with Gasteiger partial charge < -0.3 is 15.2 Å². The van der Waals surface area contributed by atoms with Gasteiger partial charge in [0.2, 0.25) is 0 Å². The van der Waals surface area contributed by atoms with E-state index in [0.29, 0.717) is 12.3 Å². The van der Waals surface area contributed by atoms with Gasteiger partial charge in [0.1, 0.15) is 0 Å². The van der Waals surface area contributed by atoms with Crippen molar-refractivity contribution >= 4 is 0 Å². The summed E-state index contributed by atoms with van der Waals surface area (Å²) in [5.74, 6) is 0.676. The van der Waals surface area contributed by atoms with Crippen molar-refractivity contribution in [1.82, 2.24) is 5.32 Å². The van der Waals surface area contributed by atoms with Crippen molar-refractivity contribution in [2.45, 2.75) is 26.4 Å². The molecule has 3 nitrogen and oxygen atoms in total. The number of nitrogens with one attached hydrogen (secondary N) is 1. The van der Waals surface area contributed by atoms with Gasteiger partial charge in [0.05, 0.1) is 7.11 Å². The number of phenolic OH excluding ortho intramolecular Hbond substituents is 1. The molecule has 0 bridgehead atoms. The molecule has 1 atom stereocenters. The highest BCUT2D eigenvalue weighted by molar-refractivity contribution is 5.41. The maximum Gasteiger partial charge on any atom is 0.160 e. The van der Waals surface area contributed by atoms with Gasteiger partial charge in [-0.1, -0.05) is 35.9 Å². The SMILES string of the molecule is COc1ccc(CN[C@@H](C)c2ccc(C)cc2)cc1O. The molecular weight excluding hydrogens is 250 g/mol. The Morgan fingerprint density at radius 3 is 2.45 bits per heavy atom. The normalized spacial score (nSPS) is 12.2. The third-order valence-electron chi connectivity index (χ3n) is 3.43. The molecule has 0 fully saturated rings. The number of methoxy groups -OCH3 is 1. The molecule has 3 heteroatoms. The van der Waals surface area contributed by atoms with E-state index in [0.717, 1.165) is 5.56 Å². The minimum Gasteiger partial charge on any atom is -0.504 e. The van der Waals surface area contributed by atoms with Crippen LogP contribution in [0.3, 0.4) is 0 Å². The zero-order chi connectivity index (χ0) is 14.5. The van der Waals surface area contributed by atoms with Gasteiger partial charge in [-0.15, -0.1) is 0 Å². The zero-order valence-corrected chi connectivity index (χ0v) is 12.2. The fourth-order valence-electron chi connectivity index (χ4n) is 2.09. The first-order valence-corrected chi connectivity index (χ1v) is 6.76. The Kier molecular flexibility index (Phi) is 4.64. The first-order valence-electron chi connectivity index (χ1n) is 6.76. The van der Waals surface area contributed by atoms with Gasteiger partial charge in [-0.05, 0) is 37.1 Å². The minimum atomic E-state index is 0.176. The summed E-state index contributed by atoms with van der Waals surface area (Å²) < 4.78 is 5.04. The summed E-state index contributed by atoms with van der Waals surface area (Å²) in [6, 6.07) is 14.2. The van der Waals surface area contributed by atoms with E-state index in [9.17, 15) is 5.11 Å². The highest BCUT2D eigenvalue weighted by atomic mass is 16.5. The van der Waals surface area contributed by atoms with Gasteiger partial charge in [0, 0.05) is 12.6 Å². The van der Waals surface area contributed by atoms with Crippen molar-refractivity contribution in [2.75, 3.05) is 7.11 Å². The van der Waals surface area contributed by atoms with Crippen LogP contribution >= 0.6 is 0 Å². The lowest BCUT2D eigenvalue weighted by atomic mass is 10.1. The fourth-order valence-corrected chi connectivity index (χ4v) is 2.09. The second kappa shape index (κ2) is 6.44. The number of ether oxygens (including phenoxy) is 1. The van der Waals surface area contributed by atoms with Crippen LogP contribution in [0.2, 0.25) is 0 Å². The topological polar surface area (TPSA) is 41.5 Å². The molecule has 2 N–H and O–H groups in total. The van der Waals surface area contributed by atoms with E-state index in [1.54, 1.807) is 19.2 Å². The van der Waals surface area contributed by atoms with Gasteiger partial charge >= 0.3 is 0 Å². The molecule has 0 spiro atoms. The van der Waals surface area contributed by atoms with Crippen LogP contribution in [0.15, 0.2) is 42.5 Å². The molecular formula is C17H21NO2. The Morgan fingerprint density at radius 2 is 1.85 bits per heavy atom. The summed E-state index contributed by atoms with van der Waals surface area (Å²) in [5, 5.41) is 13.2. The number of rotatable bonds is 5. The number of aryl methyl sites for hydroxylation is 1. The molecule has 0 aliphatic heterocycles. The van der Waals surface area contributed by atoms with Crippen LogP contribution in [0.4, 0.5) is 0 Å². The molecule has 0 amide bonds. The second-order valence-electron chi connectivity index (χ2n) is 5.02. The smallest absolute Gasteiger partial charge is 0.160 e. The van der Waals surface area contributed by atoms with E-state index in [1.807, 2.05) is 6.07 Å². The molecule has 0 aliphatic rings. The second-order valence-corrected chi connectivity index (χ2v) is 5.02. The molecule has 0 saturated carbocycles. The summed E-state index contributed by atoms with van der Waals surface area (Å²) in [6.45, 7) is 4.92. The first-order chi connectivity index (χ1) is 9.60. The van der Waals surface area contributed by atoms with Gasteiger partial charge in [-0.3, -0.25) is 0 Å². The van der Waals surface area contributed by atoms with Gasteiger partial charge in [0.15, 0.2) is 11.5 Å². The summed E-state index contributed by atoms with van der Waals surface area (Å²) in [6.07, 6.45) is 0. The van der Waals surface area contributed by atoms with Gasteiger partial charge in [-0.2, -0.15) is 0 Å². The highest BCUT2D eigenvalue weighted by Crippen LogP contribution is 2.26. The lowest BCUT2D eigenvalue weighted by Gasteiger charge is -2.15. The van der Waals surface area contributed by atoms with Crippen LogP contribution in [0, 0.1) is 6.92 Å². The van der Waals surface area contributed by atoms with Crippen LogP contribution < -0.4 is 10.1 Å². The fraction of sp³-hybridized carbons (Fsp3) is 0.294. The Bertz CT molecular complexity index is 564. The highest BCUT2D eigenvalue weighted by Gasteiger charge is 2.06. The van der Waals surface area contributed by atoms with E-state index < -0.39 is 0 Å². The van der Waals surface area contributed by atoms with E-state index in [-0.39, 0.29) is 11.8 Å². The predicted molar refractivity (Wildman–Crippen MR) is 81.1 cm³/mol. The molecule has 0 aliphatic carbocycles. The number of hydrogen-bond donors (Lipinski definition) is 2. The van der Waals surface area contributed by atoms with Crippen molar-refractivity contribution in [1.29, 1.82) is 0 Å². The molecule has 2 aromatic carbocycles. The van der Waals surface area contributed by atoms with Crippen molar-refractivity contribution in [3.63, 3.8) is 0 Å². The van der Waals surface area contributed by atoms with Crippen LogP contribution in [-0.2, 0) is 6.54 Å². The number of benzene rings is 2. The Morgan fingerprint density at radius 1 is 1.15 bits per heavy atom. The van der Waals surface area contributed by atoms with Crippen molar-refractivity contribution in [3.8, 4) is 11.5 Å². The van der Waals surface area contributed by atoms with Crippen LogP contribution in [-0.4, -0.2) is 12.2 Å². The molecule has 0 radical (unpaired) electrons. The third-order valence-corrected chi connectivity index (χ3v) is 3.43. The number of aromatic hydroxyl groups is 1. The molecule has 106 valence electrons. The molecule has 20 heavy (non-hydrogen) atoms. The van der Waals surface area contributed by atoms with E-state index in [2.05, 4.69) is 43.4 Å². The van der Waals surface area contributed by atoms with Gasteiger partial charge in [0.25, 0.3) is 0 Å². The summed E-state index contributed by atoms with van der Waals surface area (Å²) >= 11 is 0. The van der Waals surface area contributed by atoms with E-state index >= 15 is 0 Å². The molecule has 2 aromatic rings. The van der Waals surface area contributed by atoms with E-state index in [1.165, 1.54) is 11.1 Å². The van der Waals surface area contributed by atoms with Crippen molar-refractivity contribution in [2.24, 2.45) is 0 Å². The Hall–Kier alpha value is -2.00. The van der Waals surface area contributed by atoms with Crippen molar-refractivity contribution < 1.29 is 9.84 Å². The van der Waals surface area contributed by atoms with Crippen LogP contribution in [0.5, 0.6) is 11.5 Å². The lowest BCUT2D eigenvalue weighted by Crippen LogP contribution is -2.18. The van der Waals surface area contributed by atoms with Gasteiger partial charge in [-0.25, -0.2) is 0 Å². The maximum absolute atomic E-state index is 9.75. The Balaban J connectivity index is 1.97.